The first-order chi connectivity index (χ1) is 12.5. The van der Waals surface area contributed by atoms with Crippen molar-refractivity contribution in [3.63, 3.8) is 0 Å². The molecule has 1 amide bonds. The number of carbonyl (C=O) groups is 1. The highest BCUT2D eigenvalue weighted by Gasteiger charge is 2.29. The highest BCUT2D eigenvalue weighted by atomic mass is 19.1. The molecule has 0 aromatic heterocycles. The maximum atomic E-state index is 13.1. The third-order valence-corrected chi connectivity index (χ3v) is 4.71. The molecule has 0 spiro atoms. The molecule has 1 saturated heterocycles. The Hall–Kier alpha value is -3.00. The predicted molar refractivity (Wildman–Crippen MR) is 92.9 cm³/mol. The zero-order chi connectivity index (χ0) is 18.7. The molecule has 3 rings (SSSR count). The maximum Gasteiger partial charge on any atom is 0.293 e. The number of nitrogens with zero attached hydrogens (tertiary/aromatic N) is 2. The molecular formula is C18H18FN3O4. The Labute approximate surface area is 149 Å². The van der Waals surface area contributed by atoms with Crippen LogP contribution in [-0.2, 0) is 0 Å². The lowest BCUT2D eigenvalue weighted by molar-refractivity contribution is -0.384. The number of hydrogen-bond donors (Lipinski definition) is 2. The summed E-state index contributed by atoms with van der Waals surface area (Å²) in [6.45, 7) is 1.03. The van der Waals surface area contributed by atoms with Crippen LogP contribution in [0.3, 0.4) is 0 Å². The highest BCUT2D eigenvalue weighted by Crippen LogP contribution is 2.37. The number of piperidine rings is 1. The fraction of sp³-hybridized carbons (Fsp3) is 0.278. The molecule has 0 bridgehead atoms. The lowest BCUT2D eigenvalue weighted by Gasteiger charge is -2.34. The van der Waals surface area contributed by atoms with Crippen LogP contribution in [0.5, 0.6) is 0 Å². The fourth-order valence-electron chi connectivity index (χ4n) is 3.43. The summed E-state index contributed by atoms with van der Waals surface area (Å²) in [5, 5.41) is 20.3. The van der Waals surface area contributed by atoms with E-state index in [4.69, 9.17) is 5.21 Å². The van der Waals surface area contributed by atoms with Crippen molar-refractivity contribution >= 4 is 17.3 Å². The molecule has 0 atom stereocenters. The molecule has 2 aromatic carbocycles. The van der Waals surface area contributed by atoms with Crippen LogP contribution in [0.15, 0.2) is 42.5 Å². The van der Waals surface area contributed by atoms with Gasteiger partial charge in [0.25, 0.3) is 11.6 Å². The average molecular weight is 359 g/mol. The molecule has 1 heterocycles. The van der Waals surface area contributed by atoms with E-state index >= 15 is 0 Å². The van der Waals surface area contributed by atoms with E-state index in [-0.39, 0.29) is 28.7 Å². The van der Waals surface area contributed by atoms with Crippen LogP contribution in [0.1, 0.15) is 34.7 Å². The summed E-state index contributed by atoms with van der Waals surface area (Å²) < 4.78 is 13.1. The van der Waals surface area contributed by atoms with Gasteiger partial charge in [-0.1, -0.05) is 18.2 Å². The first-order valence-electron chi connectivity index (χ1n) is 8.23. The van der Waals surface area contributed by atoms with Gasteiger partial charge >= 0.3 is 0 Å². The molecule has 2 aromatic rings. The van der Waals surface area contributed by atoms with E-state index in [2.05, 4.69) is 0 Å². The highest BCUT2D eigenvalue weighted by molar-refractivity contribution is 6.01. The average Bonchev–Trinajstić information content (AvgIpc) is 2.67. The minimum atomic E-state index is -0.788. The van der Waals surface area contributed by atoms with Crippen LogP contribution in [-0.4, -0.2) is 29.1 Å². The van der Waals surface area contributed by atoms with Gasteiger partial charge in [0.15, 0.2) is 0 Å². The Bertz CT molecular complexity index is 818. The number of nitro benzene ring substituents is 1. The molecule has 2 N–H and O–H groups in total. The number of amides is 1. The van der Waals surface area contributed by atoms with E-state index in [1.165, 1.54) is 30.3 Å². The topological polar surface area (TPSA) is 95.7 Å². The van der Waals surface area contributed by atoms with Gasteiger partial charge in [-0.3, -0.25) is 20.1 Å². The molecule has 1 aliphatic heterocycles. The smallest absolute Gasteiger partial charge is 0.293 e. The number of para-hydroxylation sites is 1. The zero-order valence-electron chi connectivity index (χ0n) is 13.9. The largest absolute Gasteiger partial charge is 0.365 e. The number of nitro groups is 1. The van der Waals surface area contributed by atoms with Crippen LogP contribution in [0.25, 0.3) is 0 Å². The molecule has 1 aliphatic rings. The van der Waals surface area contributed by atoms with E-state index in [1.807, 2.05) is 0 Å². The summed E-state index contributed by atoms with van der Waals surface area (Å²) in [7, 11) is 0. The molecule has 0 radical (unpaired) electrons. The van der Waals surface area contributed by atoms with Crippen LogP contribution < -0.4 is 10.4 Å². The number of nitrogens with one attached hydrogen (secondary N) is 1. The van der Waals surface area contributed by atoms with E-state index in [0.717, 1.165) is 18.4 Å². The Kier molecular flexibility index (Phi) is 5.13. The zero-order valence-corrected chi connectivity index (χ0v) is 13.9. The summed E-state index contributed by atoms with van der Waals surface area (Å²) in [5.41, 5.74) is 2.67. The van der Waals surface area contributed by atoms with Crippen LogP contribution in [0.2, 0.25) is 0 Å². The molecule has 0 aliphatic carbocycles. The molecule has 7 nitrogen and oxygen atoms in total. The number of benzene rings is 2. The molecule has 1 fully saturated rings. The standard InChI is InChI=1S/C18H18FN3O4/c19-14-6-4-12(5-7-14)13-8-10-21(11-9-13)17-15(18(23)20-24)2-1-3-16(17)22(25)26/h1-7,13,24H,8-11H2,(H,20,23). The predicted octanol–water partition coefficient (Wildman–Crippen LogP) is 3.24. The first kappa shape index (κ1) is 17.8. The van der Waals surface area contributed by atoms with E-state index in [1.54, 1.807) is 22.5 Å². The third-order valence-electron chi connectivity index (χ3n) is 4.71. The van der Waals surface area contributed by atoms with Crippen molar-refractivity contribution in [3.05, 3.63) is 69.5 Å². The van der Waals surface area contributed by atoms with Crippen LogP contribution in [0.4, 0.5) is 15.8 Å². The fourth-order valence-corrected chi connectivity index (χ4v) is 3.43. The monoisotopic (exact) mass is 359 g/mol. The molecule has 0 saturated carbocycles. The normalized spacial score (nSPS) is 14.9. The minimum absolute atomic E-state index is 0.0573. The molecular weight excluding hydrogens is 341 g/mol. The van der Waals surface area contributed by atoms with Crippen molar-refractivity contribution in [2.24, 2.45) is 0 Å². The number of anilines is 1. The van der Waals surface area contributed by atoms with Crippen molar-refractivity contribution in [1.82, 2.24) is 5.48 Å². The molecule has 8 heteroatoms. The van der Waals surface area contributed by atoms with Gasteiger partial charge in [0.05, 0.1) is 10.5 Å². The number of hydrogen-bond acceptors (Lipinski definition) is 5. The number of halogens is 1. The SMILES string of the molecule is O=C(NO)c1cccc([N+](=O)[O-])c1N1CCC(c2ccc(F)cc2)CC1. The second-order valence-electron chi connectivity index (χ2n) is 6.18. The summed E-state index contributed by atoms with van der Waals surface area (Å²) >= 11 is 0. The van der Waals surface area contributed by atoms with Crippen molar-refractivity contribution in [1.29, 1.82) is 0 Å². The third kappa shape index (κ3) is 3.50. The van der Waals surface area contributed by atoms with Crippen LogP contribution in [0, 0.1) is 15.9 Å². The van der Waals surface area contributed by atoms with Gasteiger partial charge in [-0.2, -0.15) is 0 Å². The number of rotatable bonds is 4. The Morgan fingerprint density at radius 1 is 1.19 bits per heavy atom. The van der Waals surface area contributed by atoms with Crippen molar-refractivity contribution in [2.75, 3.05) is 18.0 Å². The summed E-state index contributed by atoms with van der Waals surface area (Å²) in [5.74, 6) is -0.847. The number of hydroxylamine groups is 1. The van der Waals surface area contributed by atoms with Crippen molar-refractivity contribution in [2.45, 2.75) is 18.8 Å². The number of carbonyl (C=O) groups excluding carboxylic acids is 1. The van der Waals surface area contributed by atoms with Gasteiger partial charge in [0, 0.05) is 19.2 Å². The van der Waals surface area contributed by atoms with Gasteiger partial charge in [-0.15, -0.1) is 0 Å². The minimum Gasteiger partial charge on any atom is -0.365 e. The van der Waals surface area contributed by atoms with Crippen molar-refractivity contribution < 1.29 is 19.3 Å². The maximum absolute atomic E-state index is 13.1. The van der Waals surface area contributed by atoms with Crippen LogP contribution >= 0.6 is 0 Å². The van der Waals surface area contributed by atoms with Gasteiger partial charge in [-0.25, -0.2) is 9.87 Å². The quantitative estimate of drug-likeness (QED) is 0.496. The van der Waals surface area contributed by atoms with Gasteiger partial charge in [-0.05, 0) is 42.5 Å². The summed E-state index contributed by atoms with van der Waals surface area (Å²) in [6.07, 6.45) is 1.44. The Morgan fingerprint density at radius 3 is 2.42 bits per heavy atom. The first-order valence-corrected chi connectivity index (χ1v) is 8.23. The van der Waals surface area contributed by atoms with Gasteiger partial charge in [0.1, 0.15) is 11.5 Å². The molecule has 0 unspecified atom stereocenters. The molecule has 26 heavy (non-hydrogen) atoms. The lowest BCUT2D eigenvalue weighted by atomic mass is 9.89. The Morgan fingerprint density at radius 2 is 1.85 bits per heavy atom. The second kappa shape index (κ2) is 7.49. The summed E-state index contributed by atoms with van der Waals surface area (Å²) in [6, 6.07) is 10.6. The lowest BCUT2D eigenvalue weighted by Crippen LogP contribution is -2.35. The van der Waals surface area contributed by atoms with Crippen molar-refractivity contribution in [3.8, 4) is 0 Å². The van der Waals surface area contributed by atoms with E-state index in [0.29, 0.717) is 13.1 Å². The summed E-state index contributed by atoms with van der Waals surface area (Å²) in [4.78, 5) is 24.6. The second-order valence-corrected chi connectivity index (χ2v) is 6.18. The molecule has 136 valence electrons. The van der Waals surface area contributed by atoms with Gasteiger partial charge < -0.3 is 4.90 Å². The van der Waals surface area contributed by atoms with Gasteiger partial charge in [0.2, 0.25) is 0 Å². The Balaban J connectivity index is 1.85. The van der Waals surface area contributed by atoms with E-state index in [9.17, 15) is 19.3 Å². The van der Waals surface area contributed by atoms with E-state index < -0.39 is 10.8 Å².